The molecule has 0 unspecified atom stereocenters. The largest absolute Gasteiger partial charge is 0.273 e. The topological polar surface area (TPSA) is 49.9 Å². The molecule has 0 N–H and O–H groups in total. The highest BCUT2D eigenvalue weighted by Crippen LogP contribution is 2.48. The van der Waals surface area contributed by atoms with Crippen LogP contribution < -0.4 is 9.96 Å². The Labute approximate surface area is 179 Å². The van der Waals surface area contributed by atoms with E-state index in [2.05, 4.69) is 0 Å². The van der Waals surface area contributed by atoms with E-state index in [1.54, 1.807) is 29.3 Å². The van der Waals surface area contributed by atoms with Crippen LogP contribution in [-0.4, -0.2) is 17.9 Å². The van der Waals surface area contributed by atoms with Crippen LogP contribution in [0.3, 0.4) is 0 Å². The number of hydroxylamine groups is 1. The number of carbonyl (C=O) groups is 2. The Balaban J connectivity index is 1.60. The maximum atomic E-state index is 13.5. The van der Waals surface area contributed by atoms with Gasteiger partial charge in [0.1, 0.15) is 5.92 Å². The van der Waals surface area contributed by atoms with Crippen molar-refractivity contribution in [2.75, 3.05) is 9.96 Å². The van der Waals surface area contributed by atoms with Gasteiger partial charge >= 0.3 is 0 Å². The fraction of sp³-hybridized carbons (Fsp3) is 0.167. The summed E-state index contributed by atoms with van der Waals surface area (Å²) in [5.74, 6) is -1.37. The molecule has 2 heterocycles. The summed E-state index contributed by atoms with van der Waals surface area (Å²) >= 11 is 6.29. The van der Waals surface area contributed by atoms with E-state index in [-0.39, 0.29) is 5.91 Å². The van der Waals surface area contributed by atoms with E-state index in [0.29, 0.717) is 10.7 Å². The minimum Gasteiger partial charge on any atom is -0.273 e. The number of aryl methyl sites for hydroxylation is 1. The molecule has 2 saturated heterocycles. The number of anilines is 2. The van der Waals surface area contributed by atoms with Crippen molar-refractivity contribution in [3.05, 3.63) is 95.0 Å². The van der Waals surface area contributed by atoms with Gasteiger partial charge in [-0.1, -0.05) is 71.8 Å². The van der Waals surface area contributed by atoms with Gasteiger partial charge in [-0.2, -0.15) is 0 Å². The minimum atomic E-state index is -0.903. The lowest BCUT2D eigenvalue weighted by atomic mass is 9.90. The number of nitrogens with zero attached hydrogens (tertiary/aromatic N) is 2. The van der Waals surface area contributed by atoms with Gasteiger partial charge in [0, 0.05) is 0 Å². The molecule has 0 aromatic heterocycles. The number of rotatable bonds is 3. The van der Waals surface area contributed by atoms with E-state index in [4.69, 9.17) is 16.4 Å². The lowest BCUT2D eigenvalue weighted by Crippen LogP contribution is -2.37. The second-order valence-corrected chi connectivity index (χ2v) is 7.94. The minimum absolute atomic E-state index is 0.304. The highest BCUT2D eigenvalue weighted by Gasteiger charge is 2.60. The van der Waals surface area contributed by atoms with Crippen LogP contribution in [0.1, 0.15) is 17.2 Å². The molecule has 150 valence electrons. The zero-order valence-electron chi connectivity index (χ0n) is 16.2. The van der Waals surface area contributed by atoms with Crippen molar-refractivity contribution in [3.8, 4) is 0 Å². The molecule has 0 aliphatic carbocycles. The van der Waals surface area contributed by atoms with Gasteiger partial charge in [-0.15, -0.1) is 0 Å². The van der Waals surface area contributed by atoms with Crippen LogP contribution in [-0.2, 0) is 14.4 Å². The van der Waals surface area contributed by atoms with Crippen LogP contribution in [0, 0.1) is 12.8 Å². The van der Waals surface area contributed by atoms with E-state index in [1.807, 2.05) is 61.5 Å². The summed E-state index contributed by atoms with van der Waals surface area (Å²) in [6, 6.07) is 23.9. The Morgan fingerprint density at radius 3 is 2.20 bits per heavy atom. The van der Waals surface area contributed by atoms with E-state index < -0.39 is 24.0 Å². The predicted molar refractivity (Wildman–Crippen MR) is 115 cm³/mol. The zero-order chi connectivity index (χ0) is 20.8. The fourth-order valence-electron chi connectivity index (χ4n) is 4.19. The molecule has 0 radical (unpaired) electrons. The molecular weight excluding hydrogens is 400 g/mol. The van der Waals surface area contributed by atoms with Crippen LogP contribution in [0.5, 0.6) is 0 Å². The van der Waals surface area contributed by atoms with E-state index >= 15 is 0 Å². The number of imide groups is 1. The number of carbonyl (C=O) groups excluding carboxylic acids is 2. The average Bonchev–Trinajstić information content (AvgIpc) is 3.26. The van der Waals surface area contributed by atoms with Gasteiger partial charge in [0.2, 0.25) is 5.91 Å². The number of hydrogen-bond acceptors (Lipinski definition) is 4. The van der Waals surface area contributed by atoms with Crippen LogP contribution >= 0.6 is 11.6 Å². The third-order valence-corrected chi connectivity index (χ3v) is 5.96. The lowest BCUT2D eigenvalue weighted by molar-refractivity contribution is -0.126. The highest BCUT2D eigenvalue weighted by atomic mass is 35.5. The van der Waals surface area contributed by atoms with Crippen molar-refractivity contribution >= 4 is 34.8 Å². The summed E-state index contributed by atoms with van der Waals surface area (Å²) in [7, 11) is 0. The maximum absolute atomic E-state index is 13.5. The van der Waals surface area contributed by atoms with E-state index in [1.165, 1.54) is 4.90 Å². The second kappa shape index (κ2) is 7.27. The lowest BCUT2D eigenvalue weighted by Gasteiger charge is -2.29. The van der Waals surface area contributed by atoms with Crippen molar-refractivity contribution in [2.24, 2.45) is 5.92 Å². The number of halogens is 1. The zero-order valence-corrected chi connectivity index (χ0v) is 17.0. The van der Waals surface area contributed by atoms with Crippen molar-refractivity contribution in [2.45, 2.75) is 19.1 Å². The molecular formula is C24H19ClN2O3. The summed E-state index contributed by atoms with van der Waals surface area (Å²) in [5, 5.41) is 2.05. The normalized spacial score (nSPS) is 23.2. The van der Waals surface area contributed by atoms with Gasteiger partial charge in [-0.3, -0.25) is 14.4 Å². The molecule has 2 aliphatic heterocycles. The first-order valence-electron chi connectivity index (χ1n) is 9.76. The molecule has 30 heavy (non-hydrogen) atoms. The molecule has 0 spiro atoms. The standard InChI is InChI=1S/C24H19ClN2O3/c1-15-11-13-16(14-12-15)21-20-22(30-27(21)17-7-3-2-4-8-17)24(29)26(23(20)28)19-10-6-5-9-18(19)25/h2-14,20-22H,1H3/t20-,21+,22+/m1/s1. The molecule has 0 saturated carbocycles. The summed E-state index contributed by atoms with van der Waals surface area (Å²) in [4.78, 5) is 34.1. The molecule has 2 amide bonds. The average molecular weight is 419 g/mol. The molecule has 5 rings (SSSR count). The number of benzene rings is 3. The third kappa shape index (κ3) is 2.90. The second-order valence-electron chi connectivity index (χ2n) is 7.53. The Morgan fingerprint density at radius 1 is 0.833 bits per heavy atom. The number of hydrogen-bond donors (Lipinski definition) is 0. The number of para-hydroxylation sites is 2. The molecule has 6 heteroatoms. The monoisotopic (exact) mass is 418 g/mol. The summed E-state index contributed by atoms with van der Waals surface area (Å²) in [6.07, 6.45) is -0.903. The van der Waals surface area contributed by atoms with Crippen molar-refractivity contribution < 1.29 is 14.4 Å². The summed E-state index contributed by atoms with van der Waals surface area (Å²) < 4.78 is 0. The molecule has 3 atom stereocenters. The van der Waals surface area contributed by atoms with E-state index in [0.717, 1.165) is 16.8 Å². The van der Waals surface area contributed by atoms with Crippen molar-refractivity contribution in [1.29, 1.82) is 0 Å². The van der Waals surface area contributed by atoms with E-state index in [9.17, 15) is 9.59 Å². The first-order valence-corrected chi connectivity index (χ1v) is 10.1. The van der Waals surface area contributed by atoms with Crippen molar-refractivity contribution in [1.82, 2.24) is 0 Å². The van der Waals surface area contributed by atoms with Gasteiger partial charge in [0.15, 0.2) is 6.10 Å². The SMILES string of the molecule is Cc1ccc([C@H]2[C@H]3C(=O)N(c4ccccc4Cl)C(=O)[C@H]3ON2c2ccccc2)cc1. The van der Waals surface area contributed by atoms with Gasteiger partial charge in [0.25, 0.3) is 5.91 Å². The Bertz CT molecular complexity index is 1120. The first-order chi connectivity index (χ1) is 14.6. The van der Waals surface area contributed by atoms with Crippen LogP contribution in [0.25, 0.3) is 0 Å². The fourth-order valence-corrected chi connectivity index (χ4v) is 4.41. The molecule has 0 bridgehead atoms. The predicted octanol–water partition coefficient (Wildman–Crippen LogP) is 4.70. The quantitative estimate of drug-likeness (QED) is 0.578. The smallest absolute Gasteiger partial charge is 0.266 e. The molecule has 5 nitrogen and oxygen atoms in total. The summed E-state index contributed by atoms with van der Waals surface area (Å²) in [6.45, 7) is 2.01. The molecule has 3 aromatic carbocycles. The first kappa shape index (κ1) is 18.9. The summed E-state index contributed by atoms with van der Waals surface area (Å²) in [5.41, 5.74) is 3.22. The Hall–Kier alpha value is -3.15. The number of amides is 2. The van der Waals surface area contributed by atoms with Crippen LogP contribution in [0.15, 0.2) is 78.9 Å². The molecule has 2 fully saturated rings. The molecule has 2 aliphatic rings. The maximum Gasteiger partial charge on any atom is 0.266 e. The van der Waals surface area contributed by atoms with Gasteiger partial charge in [0.05, 0.1) is 22.4 Å². The van der Waals surface area contributed by atoms with Crippen LogP contribution in [0.2, 0.25) is 5.02 Å². The van der Waals surface area contributed by atoms with Crippen LogP contribution in [0.4, 0.5) is 11.4 Å². The van der Waals surface area contributed by atoms with Crippen molar-refractivity contribution in [3.63, 3.8) is 0 Å². The molecule has 3 aromatic rings. The van der Waals surface area contributed by atoms with Gasteiger partial charge in [-0.25, -0.2) is 9.96 Å². The van der Waals surface area contributed by atoms with Gasteiger partial charge in [-0.05, 0) is 36.8 Å². The Kier molecular flexibility index (Phi) is 4.57. The van der Waals surface area contributed by atoms with Gasteiger partial charge < -0.3 is 0 Å². The highest BCUT2D eigenvalue weighted by molar-refractivity contribution is 6.36. The Morgan fingerprint density at radius 2 is 1.50 bits per heavy atom. The third-order valence-electron chi connectivity index (χ3n) is 5.64. The number of fused-ring (bicyclic) bond motifs is 1.